The van der Waals surface area contributed by atoms with Crippen LogP contribution in [0.5, 0.6) is 0 Å². The van der Waals surface area contributed by atoms with Crippen LogP contribution in [0.3, 0.4) is 0 Å². The summed E-state index contributed by atoms with van der Waals surface area (Å²) in [5.41, 5.74) is 0. The van der Waals surface area contributed by atoms with Gasteiger partial charge >= 0.3 is 11.9 Å². The third-order valence-electron chi connectivity index (χ3n) is 7.44. The molecule has 11 unspecified atom stereocenters. The topological polar surface area (TPSA) is 222 Å². The number of ether oxygens (including phenoxy) is 5. The molecule has 14 nitrogen and oxygen atoms in total. The van der Waals surface area contributed by atoms with E-state index in [9.17, 15) is 40.2 Å². The Morgan fingerprint density at radius 3 is 2.11 bits per heavy atom. The monoisotopic (exact) mass is 634 g/mol. The molecule has 0 saturated carbocycles. The number of carbonyl (C=O) groups excluding carboxylic acids is 1. The Morgan fingerprint density at radius 2 is 1.43 bits per heavy atom. The maximum Gasteiger partial charge on any atom is 0.303 e. The number of esters is 1. The standard InChI is InChI=1S/C30H50O14/c1-18(14-12-10-8-6-4-3-5-7-9-11-13-15-22(33)34)41-30-28(26(38)23(35)20(16-31)42-30)44-29-27(39)25(37)24(36)21(43-29)17-40-19(2)32/h4,6,10,12,18,20-21,23-31,35-39H,3,5,7-9,11,13-17H2,1-2H3,(H,33,34)/b6-4-,12-10+. The Bertz CT molecular complexity index is 897. The van der Waals surface area contributed by atoms with Gasteiger partial charge in [-0.25, -0.2) is 0 Å². The molecule has 11 atom stereocenters. The second kappa shape index (κ2) is 20.2. The molecule has 0 spiro atoms. The average molecular weight is 635 g/mol. The van der Waals surface area contributed by atoms with Gasteiger partial charge in [0.2, 0.25) is 0 Å². The quantitative estimate of drug-likeness (QED) is 0.0577. The molecule has 0 radical (unpaired) electrons. The minimum absolute atomic E-state index is 0.225. The minimum Gasteiger partial charge on any atom is -0.481 e. The summed E-state index contributed by atoms with van der Waals surface area (Å²) in [7, 11) is 0. The number of hydrogen-bond acceptors (Lipinski definition) is 13. The van der Waals surface area contributed by atoms with Gasteiger partial charge in [-0.2, -0.15) is 0 Å². The molecule has 2 saturated heterocycles. The lowest BCUT2D eigenvalue weighted by Crippen LogP contribution is -2.65. The highest BCUT2D eigenvalue weighted by Gasteiger charge is 2.51. The summed E-state index contributed by atoms with van der Waals surface area (Å²) in [5, 5.41) is 70.5. The number of unbranched alkanes of at least 4 members (excludes halogenated alkanes) is 5. The summed E-state index contributed by atoms with van der Waals surface area (Å²) >= 11 is 0. The molecule has 0 aromatic carbocycles. The summed E-state index contributed by atoms with van der Waals surface area (Å²) in [4.78, 5) is 21.7. The fourth-order valence-corrected chi connectivity index (χ4v) is 4.86. The van der Waals surface area contributed by atoms with Crippen LogP contribution in [-0.2, 0) is 33.3 Å². The molecule has 7 N–H and O–H groups in total. The van der Waals surface area contributed by atoms with Crippen molar-refractivity contribution >= 4 is 11.9 Å². The van der Waals surface area contributed by atoms with Gasteiger partial charge in [-0.1, -0.05) is 43.6 Å². The highest BCUT2D eigenvalue weighted by molar-refractivity contribution is 5.66. The van der Waals surface area contributed by atoms with Crippen LogP contribution in [0.1, 0.15) is 71.6 Å². The molecule has 0 aliphatic carbocycles. The molecule has 0 aromatic heterocycles. The van der Waals surface area contributed by atoms with Crippen LogP contribution in [0.2, 0.25) is 0 Å². The summed E-state index contributed by atoms with van der Waals surface area (Å²) in [5.74, 6) is -1.40. The van der Waals surface area contributed by atoms with Crippen LogP contribution in [0.4, 0.5) is 0 Å². The number of carboxylic acid groups (broad SMARTS) is 1. The van der Waals surface area contributed by atoms with Crippen LogP contribution < -0.4 is 0 Å². The number of allylic oxidation sites excluding steroid dienone is 3. The van der Waals surface area contributed by atoms with Gasteiger partial charge < -0.3 is 59.4 Å². The third kappa shape index (κ3) is 12.8. The fraction of sp³-hybridized carbons (Fsp3) is 0.800. The Morgan fingerprint density at radius 1 is 0.795 bits per heavy atom. The van der Waals surface area contributed by atoms with Gasteiger partial charge in [0.05, 0.1) is 12.7 Å². The number of hydrogen-bond donors (Lipinski definition) is 7. The first kappa shape index (κ1) is 38.2. The minimum atomic E-state index is -1.77. The van der Waals surface area contributed by atoms with E-state index in [1.165, 1.54) is 0 Å². The molecule has 254 valence electrons. The Kier molecular flexibility index (Phi) is 17.5. The third-order valence-corrected chi connectivity index (χ3v) is 7.44. The van der Waals surface area contributed by atoms with Gasteiger partial charge in [0.15, 0.2) is 12.6 Å². The zero-order valence-corrected chi connectivity index (χ0v) is 25.4. The van der Waals surface area contributed by atoms with Crippen molar-refractivity contribution in [2.24, 2.45) is 0 Å². The highest BCUT2D eigenvalue weighted by atomic mass is 16.8. The smallest absolute Gasteiger partial charge is 0.303 e. The number of aliphatic carboxylic acids is 1. The first-order valence-electron chi connectivity index (χ1n) is 15.2. The lowest BCUT2D eigenvalue weighted by molar-refractivity contribution is -0.371. The number of carboxylic acids is 1. The first-order chi connectivity index (χ1) is 21.0. The van der Waals surface area contributed by atoms with Crippen molar-refractivity contribution in [2.75, 3.05) is 13.2 Å². The Labute approximate surface area is 257 Å². The molecule has 0 bridgehead atoms. The van der Waals surface area contributed by atoms with E-state index in [-0.39, 0.29) is 6.42 Å². The fourth-order valence-electron chi connectivity index (χ4n) is 4.86. The molecular formula is C30H50O14. The van der Waals surface area contributed by atoms with Crippen LogP contribution in [0.25, 0.3) is 0 Å². The summed E-state index contributed by atoms with van der Waals surface area (Å²) in [6.07, 6.45) is -0.420. The van der Waals surface area contributed by atoms with Crippen LogP contribution in [0.15, 0.2) is 24.3 Å². The molecule has 0 amide bonds. The predicted molar refractivity (Wildman–Crippen MR) is 154 cm³/mol. The molecule has 2 heterocycles. The van der Waals surface area contributed by atoms with Gasteiger partial charge in [0.1, 0.15) is 55.4 Å². The van der Waals surface area contributed by atoms with E-state index < -0.39 is 92.7 Å². The average Bonchev–Trinajstić information content (AvgIpc) is 2.98. The van der Waals surface area contributed by atoms with Crippen molar-refractivity contribution in [1.29, 1.82) is 0 Å². The SMILES string of the molecule is CC(=O)OCC1OC(OC2C(OC(C)C/C=C/C/C=C\CCCCCCCC(=O)O)OC(CO)C(O)C2O)C(O)C(O)C1O. The van der Waals surface area contributed by atoms with Crippen molar-refractivity contribution in [3.8, 4) is 0 Å². The lowest BCUT2D eigenvalue weighted by Gasteiger charge is -2.46. The van der Waals surface area contributed by atoms with Crippen molar-refractivity contribution in [3.05, 3.63) is 24.3 Å². The highest BCUT2D eigenvalue weighted by Crippen LogP contribution is 2.30. The van der Waals surface area contributed by atoms with E-state index >= 15 is 0 Å². The van der Waals surface area contributed by atoms with Gasteiger partial charge in [0, 0.05) is 13.3 Å². The summed E-state index contributed by atoms with van der Waals surface area (Å²) in [6, 6.07) is 0. The molecular weight excluding hydrogens is 584 g/mol. The maximum absolute atomic E-state index is 11.2. The molecule has 2 aliphatic rings. The van der Waals surface area contributed by atoms with E-state index in [1.54, 1.807) is 6.92 Å². The Balaban J connectivity index is 1.88. The van der Waals surface area contributed by atoms with E-state index in [0.717, 1.165) is 45.4 Å². The van der Waals surface area contributed by atoms with E-state index in [4.69, 9.17) is 28.8 Å². The van der Waals surface area contributed by atoms with Crippen LogP contribution >= 0.6 is 0 Å². The number of rotatable bonds is 19. The normalized spacial score (nSPS) is 33.5. The second-order valence-corrected chi connectivity index (χ2v) is 11.2. The van der Waals surface area contributed by atoms with Gasteiger partial charge in [-0.3, -0.25) is 9.59 Å². The summed E-state index contributed by atoms with van der Waals surface area (Å²) < 4.78 is 27.7. The van der Waals surface area contributed by atoms with Crippen molar-refractivity contribution in [1.82, 2.24) is 0 Å². The van der Waals surface area contributed by atoms with E-state index in [0.29, 0.717) is 12.8 Å². The number of carbonyl (C=O) groups is 2. The molecule has 0 aromatic rings. The molecule has 14 heteroatoms. The molecule has 2 rings (SSSR count). The van der Waals surface area contributed by atoms with Gasteiger partial charge in [-0.05, 0) is 39.0 Å². The van der Waals surface area contributed by atoms with Crippen molar-refractivity contribution < 1.29 is 69.0 Å². The zero-order chi connectivity index (χ0) is 32.6. The largest absolute Gasteiger partial charge is 0.481 e. The van der Waals surface area contributed by atoms with Crippen molar-refractivity contribution in [3.63, 3.8) is 0 Å². The lowest BCUT2D eigenvalue weighted by atomic mass is 9.97. The van der Waals surface area contributed by atoms with Crippen LogP contribution in [-0.4, -0.2) is 128 Å². The second-order valence-electron chi connectivity index (χ2n) is 11.2. The maximum atomic E-state index is 11.2. The van der Waals surface area contributed by atoms with E-state index in [2.05, 4.69) is 12.2 Å². The zero-order valence-electron chi connectivity index (χ0n) is 25.4. The van der Waals surface area contributed by atoms with E-state index in [1.807, 2.05) is 12.2 Å². The van der Waals surface area contributed by atoms with Gasteiger partial charge in [-0.15, -0.1) is 0 Å². The molecule has 44 heavy (non-hydrogen) atoms. The molecule has 2 fully saturated rings. The first-order valence-corrected chi connectivity index (χ1v) is 15.2. The van der Waals surface area contributed by atoms with Crippen molar-refractivity contribution in [2.45, 2.75) is 139 Å². The predicted octanol–water partition coefficient (Wildman–Crippen LogP) is 0.294. The number of aliphatic hydroxyl groups excluding tert-OH is 6. The van der Waals surface area contributed by atoms with Crippen LogP contribution in [0, 0.1) is 0 Å². The molecule has 2 aliphatic heterocycles. The summed E-state index contributed by atoms with van der Waals surface area (Å²) in [6.45, 7) is 1.85. The van der Waals surface area contributed by atoms with Gasteiger partial charge in [0.25, 0.3) is 0 Å². The Hall–Kier alpha value is -1.98. The number of aliphatic hydroxyl groups is 6.